The first-order valence-electron chi connectivity index (χ1n) is 10.9. The van der Waals surface area contributed by atoms with Crippen LogP contribution >= 0.6 is 0 Å². The number of hydrogen-bond donors (Lipinski definition) is 3. The number of urea groups is 1. The van der Waals surface area contributed by atoms with Gasteiger partial charge in [0.15, 0.2) is 0 Å². The summed E-state index contributed by atoms with van der Waals surface area (Å²) in [7, 11) is 1.57. The van der Waals surface area contributed by atoms with Gasteiger partial charge in [-0.05, 0) is 42.7 Å². The maximum atomic E-state index is 13.2. The summed E-state index contributed by atoms with van der Waals surface area (Å²) >= 11 is 0. The molecule has 1 atom stereocenters. The summed E-state index contributed by atoms with van der Waals surface area (Å²) in [5.74, 6) is -0.319. The van der Waals surface area contributed by atoms with Gasteiger partial charge >= 0.3 is 6.03 Å². The highest BCUT2D eigenvalue weighted by Crippen LogP contribution is 2.18. The lowest BCUT2D eigenvalue weighted by atomic mass is 10.0. The highest BCUT2D eigenvalue weighted by atomic mass is 19.1. The van der Waals surface area contributed by atoms with Crippen LogP contribution in [0.25, 0.3) is 0 Å². The van der Waals surface area contributed by atoms with Gasteiger partial charge in [-0.1, -0.05) is 18.2 Å². The van der Waals surface area contributed by atoms with Gasteiger partial charge < -0.3 is 25.6 Å². The minimum absolute atomic E-state index is 0.108. The molecule has 176 valence electrons. The fraction of sp³-hybridized carbons (Fsp3) is 0.375. The molecule has 0 saturated carbocycles. The van der Waals surface area contributed by atoms with Gasteiger partial charge in [-0.25, -0.2) is 9.18 Å². The molecule has 9 heteroatoms. The van der Waals surface area contributed by atoms with Gasteiger partial charge in [0.2, 0.25) is 11.8 Å². The van der Waals surface area contributed by atoms with Crippen LogP contribution in [-0.4, -0.2) is 55.0 Å². The number of carbonyl (C=O) groups excluding carboxylic acids is 3. The van der Waals surface area contributed by atoms with E-state index in [-0.39, 0.29) is 36.1 Å². The quantitative estimate of drug-likeness (QED) is 0.597. The number of hydrogen-bond acceptors (Lipinski definition) is 4. The molecule has 3 N–H and O–H groups in total. The normalized spacial score (nSPS) is 14.8. The van der Waals surface area contributed by atoms with Crippen LogP contribution in [-0.2, 0) is 16.0 Å². The second-order valence-corrected chi connectivity index (χ2v) is 8.02. The van der Waals surface area contributed by atoms with E-state index in [0.29, 0.717) is 37.4 Å². The Bertz CT molecular complexity index is 975. The summed E-state index contributed by atoms with van der Waals surface area (Å²) < 4.78 is 18.3. The van der Waals surface area contributed by atoms with Crippen molar-refractivity contribution in [3.63, 3.8) is 0 Å². The molecular weight excluding hydrogens is 427 g/mol. The Morgan fingerprint density at radius 1 is 1.12 bits per heavy atom. The Labute approximate surface area is 192 Å². The molecule has 0 spiro atoms. The van der Waals surface area contributed by atoms with E-state index in [2.05, 4.69) is 16.0 Å². The third-order valence-corrected chi connectivity index (χ3v) is 5.50. The van der Waals surface area contributed by atoms with E-state index in [4.69, 9.17) is 4.74 Å². The summed E-state index contributed by atoms with van der Waals surface area (Å²) in [6.45, 7) is 2.33. The van der Waals surface area contributed by atoms with Crippen molar-refractivity contribution in [2.45, 2.75) is 38.3 Å². The molecule has 1 saturated heterocycles. The summed E-state index contributed by atoms with van der Waals surface area (Å²) in [5, 5.41) is 8.50. The highest BCUT2D eigenvalue weighted by molar-refractivity contribution is 5.90. The Balaban J connectivity index is 1.51. The number of likely N-dealkylation sites (tertiary alicyclic amines) is 1. The smallest absolute Gasteiger partial charge is 0.321 e. The summed E-state index contributed by atoms with van der Waals surface area (Å²) in [4.78, 5) is 38.7. The number of amides is 4. The van der Waals surface area contributed by atoms with Crippen LogP contribution in [0, 0.1) is 5.82 Å². The number of halogens is 1. The minimum atomic E-state index is -0.762. The molecule has 2 aromatic rings. The molecular formula is C24H29FN4O4. The second-order valence-electron chi connectivity index (χ2n) is 8.02. The second kappa shape index (κ2) is 11.3. The number of ether oxygens (including phenoxy) is 1. The molecule has 3 rings (SSSR count). The Morgan fingerprint density at radius 2 is 1.82 bits per heavy atom. The maximum absolute atomic E-state index is 13.2. The van der Waals surface area contributed by atoms with Gasteiger partial charge in [0, 0.05) is 44.2 Å². The van der Waals surface area contributed by atoms with Gasteiger partial charge in [0.05, 0.1) is 7.11 Å². The van der Waals surface area contributed by atoms with Crippen molar-refractivity contribution in [2.24, 2.45) is 0 Å². The van der Waals surface area contributed by atoms with Crippen molar-refractivity contribution in [3.8, 4) is 5.75 Å². The van der Waals surface area contributed by atoms with Crippen molar-refractivity contribution in [2.75, 3.05) is 25.5 Å². The number of methoxy groups -OCH3 is 1. The van der Waals surface area contributed by atoms with Crippen molar-refractivity contribution >= 4 is 23.5 Å². The summed E-state index contributed by atoms with van der Waals surface area (Å²) in [6.07, 6.45) is 1.45. The van der Waals surface area contributed by atoms with Crippen molar-refractivity contribution in [3.05, 3.63) is 59.9 Å². The molecule has 4 amide bonds. The first kappa shape index (κ1) is 24.0. The number of anilines is 1. The lowest BCUT2D eigenvalue weighted by Crippen LogP contribution is -2.53. The van der Waals surface area contributed by atoms with E-state index in [0.717, 1.165) is 5.56 Å². The molecule has 33 heavy (non-hydrogen) atoms. The van der Waals surface area contributed by atoms with Crippen LogP contribution in [0.1, 0.15) is 25.3 Å². The molecule has 1 heterocycles. The fourth-order valence-electron chi connectivity index (χ4n) is 3.74. The van der Waals surface area contributed by atoms with Gasteiger partial charge in [-0.15, -0.1) is 0 Å². The fourth-order valence-corrected chi connectivity index (χ4v) is 3.74. The largest absolute Gasteiger partial charge is 0.497 e. The number of nitrogens with one attached hydrogen (secondary N) is 3. The van der Waals surface area contributed by atoms with E-state index >= 15 is 0 Å². The van der Waals surface area contributed by atoms with Crippen molar-refractivity contribution < 1.29 is 23.5 Å². The molecule has 8 nitrogen and oxygen atoms in total. The van der Waals surface area contributed by atoms with Gasteiger partial charge in [0.25, 0.3) is 0 Å². The third kappa shape index (κ3) is 7.20. The van der Waals surface area contributed by atoms with Gasteiger partial charge in [0.1, 0.15) is 17.6 Å². The highest BCUT2D eigenvalue weighted by Gasteiger charge is 2.27. The zero-order valence-corrected chi connectivity index (χ0v) is 18.8. The SMILES string of the molecule is COc1cccc(NC(=O)N2CCC(NC(=O)[C@@H](Cc3ccc(F)cc3)NC(C)=O)CC2)c1. The predicted octanol–water partition coefficient (Wildman–Crippen LogP) is 2.69. The number of rotatable bonds is 7. The molecule has 0 unspecified atom stereocenters. The molecule has 0 aromatic heterocycles. The van der Waals surface area contributed by atoms with Gasteiger partial charge in [-0.2, -0.15) is 0 Å². The van der Waals surface area contributed by atoms with Crippen LogP contribution < -0.4 is 20.7 Å². The number of carbonyl (C=O) groups is 3. The number of piperidine rings is 1. The average Bonchev–Trinajstić information content (AvgIpc) is 2.80. The average molecular weight is 457 g/mol. The zero-order valence-electron chi connectivity index (χ0n) is 18.8. The van der Waals surface area contributed by atoms with Crippen LogP contribution in [0.15, 0.2) is 48.5 Å². The first-order valence-corrected chi connectivity index (χ1v) is 10.9. The Hall–Kier alpha value is -3.62. The molecule has 0 radical (unpaired) electrons. The minimum Gasteiger partial charge on any atom is -0.497 e. The van der Waals surface area contributed by atoms with E-state index in [1.165, 1.54) is 19.1 Å². The van der Waals surface area contributed by atoms with Crippen LogP contribution in [0.3, 0.4) is 0 Å². The van der Waals surface area contributed by atoms with E-state index < -0.39 is 6.04 Å². The Morgan fingerprint density at radius 3 is 2.45 bits per heavy atom. The van der Waals surface area contributed by atoms with Crippen LogP contribution in [0.5, 0.6) is 5.75 Å². The number of benzene rings is 2. The van der Waals surface area contributed by atoms with E-state index in [1.54, 1.807) is 48.4 Å². The van der Waals surface area contributed by atoms with Gasteiger partial charge in [-0.3, -0.25) is 9.59 Å². The Kier molecular flexibility index (Phi) is 8.23. The molecule has 1 aliphatic heterocycles. The van der Waals surface area contributed by atoms with Crippen molar-refractivity contribution in [1.82, 2.24) is 15.5 Å². The molecule has 1 fully saturated rings. The van der Waals surface area contributed by atoms with Crippen LogP contribution in [0.2, 0.25) is 0 Å². The standard InChI is InChI=1S/C24H29FN4O4/c1-16(30)26-22(14-17-6-8-18(25)9-7-17)23(31)27-19-10-12-29(13-11-19)24(32)28-20-4-3-5-21(15-20)33-2/h3-9,15,19,22H,10-14H2,1-2H3,(H,26,30)(H,27,31)(H,28,32)/t22-/m1/s1. The molecule has 2 aromatic carbocycles. The lowest BCUT2D eigenvalue weighted by Gasteiger charge is -2.33. The third-order valence-electron chi connectivity index (χ3n) is 5.50. The van der Waals surface area contributed by atoms with Crippen molar-refractivity contribution in [1.29, 1.82) is 0 Å². The lowest BCUT2D eigenvalue weighted by molar-refractivity contribution is -0.128. The zero-order chi connectivity index (χ0) is 23.8. The van der Waals surface area contributed by atoms with Crippen LogP contribution in [0.4, 0.5) is 14.9 Å². The molecule has 0 bridgehead atoms. The number of nitrogens with zero attached hydrogens (tertiary/aromatic N) is 1. The summed E-state index contributed by atoms with van der Waals surface area (Å²) in [5.41, 5.74) is 1.39. The predicted molar refractivity (Wildman–Crippen MR) is 122 cm³/mol. The first-order chi connectivity index (χ1) is 15.8. The van der Waals surface area contributed by atoms with E-state index in [9.17, 15) is 18.8 Å². The molecule has 0 aliphatic carbocycles. The van der Waals surface area contributed by atoms with E-state index in [1.807, 2.05) is 0 Å². The molecule has 1 aliphatic rings. The maximum Gasteiger partial charge on any atom is 0.321 e. The monoisotopic (exact) mass is 456 g/mol. The summed E-state index contributed by atoms with van der Waals surface area (Å²) in [6, 6.07) is 11.9. The topological polar surface area (TPSA) is 99.8 Å².